The number of halogens is 2. The van der Waals surface area contributed by atoms with E-state index >= 15 is 0 Å². The zero-order chi connectivity index (χ0) is 17.9. The van der Waals surface area contributed by atoms with Gasteiger partial charge < -0.3 is 15.7 Å². The molecule has 3 N–H and O–H groups in total. The van der Waals surface area contributed by atoms with Gasteiger partial charge in [-0.1, -0.05) is 12.2 Å². The number of anilines is 2. The lowest BCUT2D eigenvalue weighted by atomic mass is 9.82. The highest BCUT2D eigenvalue weighted by Gasteiger charge is 2.34. The zero-order valence-electron chi connectivity index (χ0n) is 12.8. The molecule has 0 heterocycles. The fraction of sp³-hybridized carbons (Fsp3) is 0.312. The van der Waals surface area contributed by atoms with Crippen molar-refractivity contribution in [2.75, 3.05) is 10.6 Å². The Morgan fingerprint density at radius 2 is 1.54 bits per heavy atom. The fourth-order valence-electron chi connectivity index (χ4n) is 2.53. The Hall–Kier alpha value is -2.77. The van der Waals surface area contributed by atoms with Crippen molar-refractivity contribution in [1.82, 2.24) is 0 Å². The Balaban J connectivity index is 2.23. The van der Waals surface area contributed by atoms with Crippen LogP contribution in [0.15, 0.2) is 24.3 Å². The topological polar surface area (TPSA) is 95.5 Å². The van der Waals surface area contributed by atoms with Crippen LogP contribution in [0.3, 0.4) is 0 Å². The van der Waals surface area contributed by atoms with Gasteiger partial charge in [0.05, 0.1) is 23.2 Å². The largest absolute Gasteiger partial charge is 0.481 e. The monoisotopic (exact) mass is 338 g/mol. The molecule has 2 atom stereocenters. The molecule has 2 amide bonds. The molecule has 1 aromatic carbocycles. The van der Waals surface area contributed by atoms with Crippen LogP contribution in [-0.4, -0.2) is 22.9 Å². The maximum Gasteiger partial charge on any atom is 0.307 e. The fourth-order valence-corrected chi connectivity index (χ4v) is 2.53. The van der Waals surface area contributed by atoms with Crippen molar-refractivity contribution in [3.8, 4) is 0 Å². The summed E-state index contributed by atoms with van der Waals surface area (Å²) in [5.41, 5.74) is -0.610. The van der Waals surface area contributed by atoms with E-state index in [0.717, 1.165) is 13.0 Å². The van der Waals surface area contributed by atoms with Crippen molar-refractivity contribution >= 4 is 29.2 Å². The molecule has 1 aromatic rings. The average Bonchev–Trinajstić information content (AvgIpc) is 2.51. The van der Waals surface area contributed by atoms with Gasteiger partial charge >= 0.3 is 5.97 Å². The van der Waals surface area contributed by atoms with Crippen LogP contribution < -0.4 is 10.6 Å². The molecule has 0 aromatic heterocycles. The number of amides is 2. The second-order valence-electron chi connectivity index (χ2n) is 5.48. The molecule has 1 aliphatic carbocycles. The summed E-state index contributed by atoms with van der Waals surface area (Å²) in [7, 11) is 0. The highest BCUT2D eigenvalue weighted by molar-refractivity contribution is 5.96. The summed E-state index contributed by atoms with van der Waals surface area (Å²) < 4.78 is 27.4. The molecule has 128 valence electrons. The van der Waals surface area contributed by atoms with Gasteiger partial charge in [-0.3, -0.25) is 14.4 Å². The summed E-state index contributed by atoms with van der Waals surface area (Å²) >= 11 is 0. The van der Waals surface area contributed by atoms with Crippen LogP contribution in [0.25, 0.3) is 0 Å². The minimum absolute atomic E-state index is 0.205. The second kappa shape index (κ2) is 7.20. The van der Waals surface area contributed by atoms with Gasteiger partial charge in [0.1, 0.15) is 11.6 Å². The SMILES string of the molecule is CC(=O)Nc1cc(NC(=O)[C@@H]2CC=CC[C@H]2C(=O)O)c(F)cc1F. The molecule has 0 aliphatic heterocycles. The Morgan fingerprint density at radius 1 is 1.00 bits per heavy atom. The first kappa shape index (κ1) is 17.6. The highest BCUT2D eigenvalue weighted by atomic mass is 19.1. The molecular weight excluding hydrogens is 322 g/mol. The molecule has 0 spiro atoms. The van der Waals surface area contributed by atoms with Crippen LogP contribution in [0.2, 0.25) is 0 Å². The number of rotatable bonds is 4. The van der Waals surface area contributed by atoms with Gasteiger partial charge in [0, 0.05) is 13.0 Å². The molecule has 8 heteroatoms. The van der Waals surface area contributed by atoms with Crippen LogP contribution in [0, 0.1) is 23.5 Å². The lowest BCUT2D eigenvalue weighted by Gasteiger charge is -2.24. The number of carboxylic acid groups (broad SMARTS) is 1. The second-order valence-corrected chi connectivity index (χ2v) is 5.48. The Bertz CT molecular complexity index is 718. The summed E-state index contributed by atoms with van der Waals surface area (Å²) in [6.45, 7) is 1.16. The maximum absolute atomic E-state index is 13.9. The molecular formula is C16H16F2N2O4. The van der Waals surface area contributed by atoms with E-state index in [-0.39, 0.29) is 24.2 Å². The number of allylic oxidation sites excluding steroid dienone is 2. The van der Waals surface area contributed by atoms with E-state index in [1.165, 1.54) is 0 Å². The standard InChI is InChI=1S/C16H16F2N2O4/c1-8(21)19-13-7-14(12(18)6-11(13)17)20-15(22)9-4-2-3-5-10(9)16(23)24/h2-3,6-7,9-10H,4-5H2,1H3,(H,19,21)(H,20,22)(H,23,24)/t9-,10-/m1/s1. The van der Waals surface area contributed by atoms with Crippen molar-refractivity contribution in [3.63, 3.8) is 0 Å². The first-order valence-electron chi connectivity index (χ1n) is 7.25. The third-order valence-corrected chi connectivity index (χ3v) is 3.71. The molecule has 0 radical (unpaired) electrons. The summed E-state index contributed by atoms with van der Waals surface area (Å²) in [5.74, 6) is -6.11. The normalized spacial score (nSPS) is 19.6. The van der Waals surface area contributed by atoms with E-state index in [2.05, 4.69) is 10.6 Å². The molecule has 1 aliphatic rings. The number of carbonyl (C=O) groups is 3. The number of hydrogen-bond donors (Lipinski definition) is 3. The molecule has 0 fully saturated rings. The van der Waals surface area contributed by atoms with Crippen molar-refractivity contribution in [3.05, 3.63) is 35.9 Å². The van der Waals surface area contributed by atoms with E-state index in [1.807, 2.05) is 0 Å². The predicted molar refractivity (Wildman–Crippen MR) is 82.3 cm³/mol. The Kier molecular flexibility index (Phi) is 5.28. The van der Waals surface area contributed by atoms with Gasteiger partial charge in [0.15, 0.2) is 0 Å². The third kappa shape index (κ3) is 3.95. The van der Waals surface area contributed by atoms with Crippen LogP contribution in [0.4, 0.5) is 20.2 Å². The number of benzene rings is 1. The van der Waals surface area contributed by atoms with E-state index in [1.54, 1.807) is 12.2 Å². The minimum atomic E-state index is -1.11. The van der Waals surface area contributed by atoms with Gasteiger partial charge in [-0.15, -0.1) is 0 Å². The van der Waals surface area contributed by atoms with E-state index in [9.17, 15) is 28.3 Å². The maximum atomic E-state index is 13.9. The van der Waals surface area contributed by atoms with Crippen molar-refractivity contribution in [1.29, 1.82) is 0 Å². The van der Waals surface area contributed by atoms with Crippen molar-refractivity contribution in [2.24, 2.45) is 11.8 Å². The number of hydrogen-bond acceptors (Lipinski definition) is 3. The highest BCUT2D eigenvalue weighted by Crippen LogP contribution is 2.29. The summed E-state index contributed by atoms with van der Waals surface area (Å²) in [5, 5.41) is 13.6. The average molecular weight is 338 g/mol. The van der Waals surface area contributed by atoms with Crippen LogP contribution in [-0.2, 0) is 14.4 Å². The Morgan fingerprint density at radius 3 is 2.08 bits per heavy atom. The molecule has 6 nitrogen and oxygen atoms in total. The molecule has 0 saturated carbocycles. The molecule has 2 rings (SSSR count). The first-order chi connectivity index (χ1) is 11.3. The molecule has 0 bridgehead atoms. The smallest absolute Gasteiger partial charge is 0.307 e. The molecule has 0 unspecified atom stereocenters. The number of aliphatic carboxylic acids is 1. The van der Waals surface area contributed by atoms with Crippen molar-refractivity contribution in [2.45, 2.75) is 19.8 Å². The summed E-state index contributed by atoms with van der Waals surface area (Å²) in [4.78, 5) is 34.5. The predicted octanol–water partition coefficient (Wildman–Crippen LogP) is 2.53. The van der Waals surface area contributed by atoms with Gasteiger partial charge in [0.25, 0.3) is 0 Å². The number of carboxylic acids is 1. The number of carbonyl (C=O) groups excluding carboxylic acids is 2. The van der Waals surface area contributed by atoms with Gasteiger partial charge in [0.2, 0.25) is 11.8 Å². The van der Waals surface area contributed by atoms with Gasteiger partial charge in [-0.2, -0.15) is 0 Å². The lowest BCUT2D eigenvalue weighted by molar-refractivity contribution is -0.146. The minimum Gasteiger partial charge on any atom is -0.481 e. The van der Waals surface area contributed by atoms with Gasteiger partial charge in [-0.25, -0.2) is 8.78 Å². The van der Waals surface area contributed by atoms with Crippen molar-refractivity contribution < 1.29 is 28.3 Å². The molecule has 24 heavy (non-hydrogen) atoms. The Labute approximate surface area is 136 Å². The molecule has 0 saturated heterocycles. The number of nitrogens with one attached hydrogen (secondary N) is 2. The van der Waals surface area contributed by atoms with Crippen LogP contribution in [0.5, 0.6) is 0 Å². The van der Waals surface area contributed by atoms with Crippen LogP contribution in [0.1, 0.15) is 19.8 Å². The van der Waals surface area contributed by atoms with Crippen LogP contribution >= 0.6 is 0 Å². The zero-order valence-corrected chi connectivity index (χ0v) is 12.8. The van der Waals surface area contributed by atoms with E-state index < -0.39 is 41.3 Å². The quantitative estimate of drug-likeness (QED) is 0.735. The first-order valence-corrected chi connectivity index (χ1v) is 7.25. The summed E-state index contributed by atoms with van der Waals surface area (Å²) in [6, 6.07) is 1.49. The van der Waals surface area contributed by atoms with E-state index in [4.69, 9.17) is 0 Å². The lowest BCUT2D eigenvalue weighted by Crippen LogP contribution is -2.35. The van der Waals surface area contributed by atoms with Gasteiger partial charge in [-0.05, 0) is 18.9 Å². The summed E-state index contributed by atoms with van der Waals surface area (Å²) in [6.07, 6.45) is 3.78. The third-order valence-electron chi connectivity index (χ3n) is 3.71. The van der Waals surface area contributed by atoms with E-state index in [0.29, 0.717) is 6.07 Å².